The standard InChI is InChI=1S/C12H15N3O4/c1-8(16)13-4-5-14-12(17)15-9-2-3-10-11(6-9)19-7-18-10/h2-3,6H,4-5,7H2,1H3,(H,13,16)(H2,14,15,17). The van der Waals surface area contributed by atoms with Gasteiger partial charge in [0.15, 0.2) is 11.5 Å². The molecule has 3 N–H and O–H groups in total. The molecule has 7 heteroatoms. The number of rotatable bonds is 4. The minimum Gasteiger partial charge on any atom is -0.454 e. The molecule has 2 rings (SSSR count). The van der Waals surface area contributed by atoms with Gasteiger partial charge in [0.05, 0.1) is 0 Å². The Kier molecular flexibility index (Phi) is 4.07. The molecule has 19 heavy (non-hydrogen) atoms. The highest BCUT2D eigenvalue weighted by molar-refractivity contribution is 5.89. The molecule has 1 aliphatic heterocycles. The lowest BCUT2D eigenvalue weighted by atomic mass is 10.3. The minimum atomic E-state index is -0.343. The minimum absolute atomic E-state index is 0.127. The molecular weight excluding hydrogens is 250 g/mol. The van der Waals surface area contributed by atoms with Gasteiger partial charge < -0.3 is 25.4 Å². The third-order valence-corrected chi connectivity index (χ3v) is 2.41. The monoisotopic (exact) mass is 265 g/mol. The Hall–Kier alpha value is -2.44. The van der Waals surface area contributed by atoms with Crippen LogP contribution in [0.3, 0.4) is 0 Å². The van der Waals surface area contributed by atoms with Gasteiger partial charge in [-0.05, 0) is 12.1 Å². The number of hydrogen-bond donors (Lipinski definition) is 3. The van der Waals surface area contributed by atoms with Gasteiger partial charge in [-0.2, -0.15) is 0 Å². The van der Waals surface area contributed by atoms with E-state index in [1.165, 1.54) is 6.92 Å². The number of nitrogens with one attached hydrogen (secondary N) is 3. The normalized spacial score (nSPS) is 11.8. The van der Waals surface area contributed by atoms with Crippen LogP contribution in [-0.4, -0.2) is 31.8 Å². The zero-order chi connectivity index (χ0) is 13.7. The highest BCUT2D eigenvalue weighted by Gasteiger charge is 2.13. The SMILES string of the molecule is CC(=O)NCCNC(=O)Nc1ccc2c(c1)OCO2. The van der Waals surface area contributed by atoms with E-state index >= 15 is 0 Å². The predicted molar refractivity (Wildman–Crippen MR) is 68.3 cm³/mol. The fourth-order valence-electron chi connectivity index (χ4n) is 1.56. The number of ether oxygens (including phenoxy) is 2. The number of amides is 3. The molecule has 0 unspecified atom stereocenters. The number of carbonyl (C=O) groups excluding carboxylic acids is 2. The molecule has 0 aromatic heterocycles. The van der Waals surface area contributed by atoms with Crippen LogP contribution in [0.1, 0.15) is 6.92 Å². The van der Waals surface area contributed by atoms with Crippen molar-refractivity contribution < 1.29 is 19.1 Å². The van der Waals surface area contributed by atoms with Crippen LogP contribution in [0, 0.1) is 0 Å². The van der Waals surface area contributed by atoms with Gasteiger partial charge in [-0.1, -0.05) is 0 Å². The fourth-order valence-corrected chi connectivity index (χ4v) is 1.56. The fraction of sp³-hybridized carbons (Fsp3) is 0.333. The van der Waals surface area contributed by atoms with Crippen molar-refractivity contribution in [3.8, 4) is 11.5 Å². The molecule has 0 atom stereocenters. The van der Waals surface area contributed by atoms with Crippen LogP contribution >= 0.6 is 0 Å². The summed E-state index contributed by atoms with van der Waals surface area (Å²) < 4.78 is 10.4. The molecule has 102 valence electrons. The second kappa shape index (κ2) is 5.94. The van der Waals surface area contributed by atoms with E-state index in [1.54, 1.807) is 18.2 Å². The van der Waals surface area contributed by atoms with E-state index in [1.807, 2.05) is 0 Å². The summed E-state index contributed by atoms with van der Waals surface area (Å²) in [7, 11) is 0. The Bertz CT molecular complexity index is 490. The number of carbonyl (C=O) groups is 2. The highest BCUT2D eigenvalue weighted by Crippen LogP contribution is 2.34. The Morgan fingerprint density at radius 3 is 2.68 bits per heavy atom. The molecule has 0 saturated carbocycles. The average molecular weight is 265 g/mol. The maximum absolute atomic E-state index is 11.6. The van der Waals surface area contributed by atoms with Crippen molar-refractivity contribution >= 4 is 17.6 Å². The number of urea groups is 1. The maximum Gasteiger partial charge on any atom is 0.319 e. The number of hydrogen-bond acceptors (Lipinski definition) is 4. The molecule has 0 aliphatic carbocycles. The second-order valence-corrected chi connectivity index (χ2v) is 3.93. The predicted octanol–water partition coefficient (Wildman–Crippen LogP) is 0.673. The van der Waals surface area contributed by atoms with Gasteiger partial charge in [-0.3, -0.25) is 4.79 Å². The second-order valence-electron chi connectivity index (χ2n) is 3.93. The van der Waals surface area contributed by atoms with Gasteiger partial charge in [0.25, 0.3) is 0 Å². The van der Waals surface area contributed by atoms with E-state index in [0.29, 0.717) is 30.3 Å². The van der Waals surface area contributed by atoms with E-state index in [4.69, 9.17) is 9.47 Å². The van der Waals surface area contributed by atoms with Crippen molar-refractivity contribution in [2.45, 2.75) is 6.92 Å². The first-order valence-corrected chi connectivity index (χ1v) is 5.84. The number of fused-ring (bicyclic) bond motifs is 1. The molecule has 0 bridgehead atoms. The first-order chi connectivity index (χ1) is 9.15. The third kappa shape index (κ3) is 3.77. The third-order valence-electron chi connectivity index (χ3n) is 2.41. The van der Waals surface area contributed by atoms with Crippen LogP contribution < -0.4 is 25.4 Å². The summed E-state index contributed by atoms with van der Waals surface area (Å²) in [5.41, 5.74) is 0.612. The molecule has 1 aromatic rings. The highest BCUT2D eigenvalue weighted by atomic mass is 16.7. The van der Waals surface area contributed by atoms with Crippen LogP contribution in [0.2, 0.25) is 0 Å². The summed E-state index contributed by atoms with van der Waals surface area (Å²) in [6.45, 7) is 2.37. The summed E-state index contributed by atoms with van der Waals surface area (Å²) in [6.07, 6.45) is 0. The molecule has 0 radical (unpaired) electrons. The lowest BCUT2D eigenvalue weighted by Crippen LogP contribution is -2.36. The van der Waals surface area contributed by atoms with Crippen LogP contribution in [0.15, 0.2) is 18.2 Å². The molecule has 3 amide bonds. The van der Waals surface area contributed by atoms with E-state index in [2.05, 4.69) is 16.0 Å². The van der Waals surface area contributed by atoms with E-state index in [-0.39, 0.29) is 18.7 Å². The van der Waals surface area contributed by atoms with Crippen molar-refractivity contribution in [2.75, 3.05) is 25.2 Å². The molecule has 1 aromatic carbocycles. The quantitative estimate of drug-likeness (QED) is 0.698. The van der Waals surface area contributed by atoms with Crippen molar-refractivity contribution in [2.24, 2.45) is 0 Å². The molecule has 0 spiro atoms. The smallest absolute Gasteiger partial charge is 0.319 e. The van der Waals surface area contributed by atoms with Crippen LogP contribution in [0.25, 0.3) is 0 Å². The van der Waals surface area contributed by atoms with Gasteiger partial charge in [0.2, 0.25) is 12.7 Å². The molecule has 7 nitrogen and oxygen atoms in total. The zero-order valence-electron chi connectivity index (χ0n) is 10.5. The molecule has 0 fully saturated rings. The van der Waals surface area contributed by atoms with Gasteiger partial charge >= 0.3 is 6.03 Å². The maximum atomic E-state index is 11.6. The van der Waals surface area contributed by atoms with Gasteiger partial charge in [0, 0.05) is 31.8 Å². The first kappa shape index (κ1) is 13.0. The Balaban J connectivity index is 1.77. The van der Waals surface area contributed by atoms with Crippen molar-refractivity contribution in [1.82, 2.24) is 10.6 Å². The summed E-state index contributed by atoms with van der Waals surface area (Å²) in [5, 5.41) is 7.86. The van der Waals surface area contributed by atoms with Crippen molar-refractivity contribution in [3.05, 3.63) is 18.2 Å². The van der Waals surface area contributed by atoms with Crippen molar-refractivity contribution in [3.63, 3.8) is 0 Å². The Morgan fingerprint density at radius 2 is 1.89 bits per heavy atom. The Morgan fingerprint density at radius 1 is 1.16 bits per heavy atom. The van der Waals surface area contributed by atoms with E-state index in [0.717, 1.165) is 0 Å². The zero-order valence-corrected chi connectivity index (χ0v) is 10.5. The lowest BCUT2D eigenvalue weighted by molar-refractivity contribution is -0.118. The van der Waals surface area contributed by atoms with E-state index in [9.17, 15) is 9.59 Å². The lowest BCUT2D eigenvalue weighted by Gasteiger charge is -2.08. The van der Waals surface area contributed by atoms with Crippen LogP contribution in [0.4, 0.5) is 10.5 Å². The van der Waals surface area contributed by atoms with Gasteiger partial charge in [-0.25, -0.2) is 4.79 Å². The number of anilines is 1. The summed E-state index contributed by atoms with van der Waals surface area (Å²) in [6, 6.07) is 4.80. The summed E-state index contributed by atoms with van der Waals surface area (Å²) in [5.74, 6) is 1.14. The van der Waals surface area contributed by atoms with Crippen molar-refractivity contribution in [1.29, 1.82) is 0 Å². The molecular formula is C12H15N3O4. The largest absolute Gasteiger partial charge is 0.454 e. The molecule has 1 heterocycles. The Labute approximate surface area is 110 Å². The molecule has 0 saturated heterocycles. The van der Waals surface area contributed by atoms with Crippen LogP contribution in [-0.2, 0) is 4.79 Å². The van der Waals surface area contributed by atoms with Gasteiger partial charge in [0.1, 0.15) is 0 Å². The topological polar surface area (TPSA) is 88.7 Å². The van der Waals surface area contributed by atoms with Gasteiger partial charge in [-0.15, -0.1) is 0 Å². The van der Waals surface area contributed by atoms with E-state index < -0.39 is 0 Å². The number of benzene rings is 1. The first-order valence-electron chi connectivity index (χ1n) is 5.84. The average Bonchev–Trinajstić information content (AvgIpc) is 2.82. The summed E-state index contributed by atoms with van der Waals surface area (Å²) >= 11 is 0. The molecule has 1 aliphatic rings. The van der Waals surface area contributed by atoms with Crippen LogP contribution in [0.5, 0.6) is 11.5 Å². The summed E-state index contributed by atoms with van der Waals surface area (Å²) in [4.78, 5) is 22.2.